The van der Waals surface area contributed by atoms with E-state index in [1.807, 2.05) is 0 Å². The second-order valence-corrected chi connectivity index (χ2v) is 1.62. The first-order valence-electron chi connectivity index (χ1n) is 2.53. The van der Waals surface area contributed by atoms with Gasteiger partial charge in [-0.1, -0.05) is 0 Å². The molecule has 0 radical (unpaired) electrons. The Labute approximate surface area is 52.5 Å². The normalized spacial score (nSPS) is 17.3. The molecule has 0 aromatic rings. The van der Waals surface area contributed by atoms with Crippen LogP contribution in [0.5, 0.6) is 0 Å². The summed E-state index contributed by atoms with van der Waals surface area (Å²) in [7, 11) is 0. The van der Waals surface area contributed by atoms with Gasteiger partial charge in [-0.2, -0.15) is 0 Å². The lowest BCUT2D eigenvalue weighted by Gasteiger charge is -2.06. The highest BCUT2D eigenvalue weighted by molar-refractivity contribution is 6.12. The maximum absolute atomic E-state index is 10.1. The predicted molar refractivity (Wildman–Crippen MR) is 33.8 cm³/mol. The van der Waals surface area contributed by atoms with Crippen LogP contribution in [0, 0.1) is 0 Å². The molecule has 1 aliphatic heterocycles. The van der Waals surface area contributed by atoms with Crippen LogP contribution in [-0.4, -0.2) is 18.8 Å². The number of nitrogens with one attached hydrogen (secondary N) is 1. The molecular weight excluding hydrogens is 118 g/mol. The number of aldehydes is 1. The highest BCUT2D eigenvalue weighted by Crippen LogP contribution is 1.91. The molecule has 4 nitrogen and oxygen atoms in total. The van der Waals surface area contributed by atoms with E-state index >= 15 is 0 Å². The third kappa shape index (κ3) is 1.07. The van der Waals surface area contributed by atoms with E-state index in [0.717, 1.165) is 0 Å². The number of aliphatic imine (C=N–C) groups is 1. The predicted octanol–water partition coefficient (Wildman–Crippen LogP) is -1.01. The zero-order valence-corrected chi connectivity index (χ0v) is 4.79. The van der Waals surface area contributed by atoms with Crippen LogP contribution in [0.15, 0.2) is 16.8 Å². The molecule has 0 fully saturated rings. The highest BCUT2D eigenvalue weighted by atomic mass is 16.1. The zero-order valence-electron chi connectivity index (χ0n) is 4.79. The molecule has 0 aliphatic carbocycles. The van der Waals surface area contributed by atoms with E-state index in [0.29, 0.717) is 24.4 Å². The van der Waals surface area contributed by atoms with Gasteiger partial charge >= 0.3 is 0 Å². The summed E-state index contributed by atoms with van der Waals surface area (Å²) >= 11 is 0. The van der Waals surface area contributed by atoms with Crippen molar-refractivity contribution in [2.24, 2.45) is 10.7 Å². The van der Waals surface area contributed by atoms with E-state index in [4.69, 9.17) is 5.73 Å². The number of nitrogens with zero attached hydrogens (tertiary/aromatic N) is 1. The van der Waals surface area contributed by atoms with Gasteiger partial charge in [-0.25, -0.2) is 4.99 Å². The average molecular weight is 125 g/mol. The van der Waals surface area contributed by atoms with Gasteiger partial charge in [0.2, 0.25) is 0 Å². The Morgan fingerprint density at radius 3 is 3.11 bits per heavy atom. The van der Waals surface area contributed by atoms with Crippen LogP contribution in [-0.2, 0) is 4.79 Å². The molecule has 1 heterocycles. The lowest BCUT2D eigenvalue weighted by molar-refractivity contribution is -0.104. The Morgan fingerprint density at radius 2 is 2.67 bits per heavy atom. The monoisotopic (exact) mass is 125 g/mol. The van der Waals surface area contributed by atoms with Crippen molar-refractivity contribution in [2.45, 2.75) is 0 Å². The zero-order chi connectivity index (χ0) is 6.69. The lowest BCUT2D eigenvalue weighted by Crippen LogP contribution is -2.25. The fourth-order valence-corrected chi connectivity index (χ4v) is 0.546. The van der Waals surface area contributed by atoms with Gasteiger partial charge in [-0.15, -0.1) is 0 Å². The van der Waals surface area contributed by atoms with Crippen molar-refractivity contribution < 1.29 is 4.79 Å². The minimum atomic E-state index is 0.309. The summed E-state index contributed by atoms with van der Waals surface area (Å²) < 4.78 is 0. The van der Waals surface area contributed by atoms with Gasteiger partial charge < -0.3 is 11.1 Å². The Morgan fingerprint density at radius 1 is 1.89 bits per heavy atom. The molecule has 0 spiro atoms. The second kappa shape index (κ2) is 2.30. The summed E-state index contributed by atoms with van der Waals surface area (Å²) in [4.78, 5) is 13.9. The molecule has 0 atom stereocenters. The lowest BCUT2D eigenvalue weighted by atomic mass is 10.3. The first-order valence-corrected chi connectivity index (χ1v) is 2.53. The third-order valence-electron chi connectivity index (χ3n) is 1.02. The molecule has 0 saturated carbocycles. The van der Waals surface area contributed by atoms with E-state index in [2.05, 4.69) is 10.3 Å². The van der Waals surface area contributed by atoms with Gasteiger partial charge in [-0.05, 0) is 0 Å². The Balaban J connectivity index is 2.79. The number of hydrogen-bond acceptors (Lipinski definition) is 4. The first-order chi connectivity index (χ1) is 4.34. The molecule has 0 aromatic carbocycles. The molecule has 1 aliphatic rings. The fourth-order valence-electron chi connectivity index (χ4n) is 0.546. The van der Waals surface area contributed by atoms with Crippen molar-refractivity contribution in [3.63, 3.8) is 0 Å². The van der Waals surface area contributed by atoms with E-state index in [-0.39, 0.29) is 0 Å². The molecule has 3 N–H and O–H groups in total. The van der Waals surface area contributed by atoms with Crippen LogP contribution < -0.4 is 11.1 Å². The summed E-state index contributed by atoms with van der Waals surface area (Å²) in [5.41, 5.74) is 5.72. The number of carbonyl (C=O) groups is 1. The van der Waals surface area contributed by atoms with Crippen molar-refractivity contribution in [3.8, 4) is 0 Å². The number of amidine groups is 1. The molecule has 0 bridgehead atoms. The van der Waals surface area contributed by atoms with Gasteiger partial charge in [0.05, 0.1) is 5.57 Å². The van der Waals surface area contributed by atoms with Crippen LogP contribution in [0.1, 0.15) is 0 Å². The van der Waals surface area contributed by atoms with Crippen LogP contribution >= 0.6 is 0 Å². The SMILES string of the molecule is NC1=NCNC=C1C=O. The maximum atomic E-state index is 10.1. The summed E-state index contributed by atoms with van der Waals surface area (Å²) in [6, 6.07) is 0. The van der Waals surface area contributed by atoms with E-state index in [1.54, 1.807) is 6.20 Å². The summed E-state index contributed by atoms with van der Waals surface area (Å²) in [5, 5.41) is 2.76. The number of carbonyl (C=O) groups excluding carboxylic acids is 1. The van der Waals surface area contributed by atoms with Crippen molar-refractivity contribution in [1.29, 1.82) is 0 Å². The van der Waals surface area contributed by atoms with Gasteiger partial charge in [0.25, 0.3) is 0 Å². The molecule has 9 heavy (non-hydrogen) atoms. The Hall–Kier alpha value is -1.32. The van der Waals surface area contributed by atoms with Gasteiger partial charge in [0.1, 0.15) is 12.5 Å². The van der Waals surface area contributed by atoms with Gasteiger partial charge in [-0.3, -0.25) is 4.79 Å². The number of nitrogens with two attached hydrogens (primary N) is 1. The average Bonchev–Trinajstić information content (AvgIpc) is 1.89. The van der Waals surface area contributed by atoms with E-state index in [1.165, 1.54) is 0 Å². The highest BCUT2D eigenvalue weighted by Gasteiger charge is 2.02. The quantitative estimate of drug-likeness (QED) is 0.441. The van der Waals surface area contributed by atoms with Crippen molar-refractivity contribution in [3.05, 3.63) is 11.8 Å². The second-order valence-electron chi connectivity index (χ2n) is 1.62. The number of rotatable bonds is 1. The fraction of sp³-hybridized carbons (Fsp3) is 0.200. The minimum absolute atomic E-state index is 0.309. The largest absolute Gasteiger partial charge is 0.383 e. The van der Waals surface area contributed by atoms with Crippen molar-refractivity contribution >= 4 is 12.1 Å². The van der Waals surface area contributed by atoms with Gasteiger partial charge in [0, 0.05) is 6.20 Å². The van der Waals surface area contributed by atoms with Crippen LogP contribution in [0.25, 0.3) is 0 Å². The van der Waals surface area contributed by atoms with Crippen LogP contribution in [0.4, 0.5) is 0 Å². The van der Waals surface area contributed by atoms with Crippen LogP contribution in [0.3, 0.4) is 0 Å². The summed E-state index contributed by atoms with van der Waals surface area (Å²) in [6.07, 6.45) is 2.22. The Kier molecular flexibility index (Phi) is 1.48. The maximum Gasteiger partial charge on any atom is 0.155 e. The third-order valence-corrected chi connectivity index (χ3v) is 1.02. The van der Waals surface area contributed by atoms with Crippen LogP contribution in [0.2, 0.25) is 0 Å². The molecule has 0 saturated heterocycles. The Bertz CT molecular complexity index is 183. The minimum Gasteiger partial charge on any atom is -0.383 e. The van der Waals surface area contributed by atoms with E-state index < -0.39 is 0 Å². The van der Waals surface area contributed by atoms with Crippen molar-refractivity contribution in [1.82, 2.24) is 5.32 Å². The molecule has 48 valence electrons. The topological polar surface area (TPSA) is 67.5 Å². The molecule has 4 heteroatoms. The molecule has 1 rings (SSSR count). The summed E-state index contributed by atoms with van der Waals surface area (Å²) in [6.45, 7) is 0.461. The number of hydrogen-bond donors (Lipinski definition) is 2. The molecular formula is C5H7N3O. The molecule has 0 aromatic heterocycles. The van der Waals surface area contributed by atoms with Crippen molar-refractivity contribution in [2.75, 3.05) is 6.67 Å². The molecule has 0 amide bonds. The standard InChI is InChI=1S/C5H7N3O/c6-5-4(2-9)1-7-3-8-5/h1-2,7H,3H2,(H2,6,8). The van der Waals surface area contributed by atoms with Gasteiger partial charge in [0.15, 0.2) is 6.29 Å². The smallest absolute Gasteiger partial charge is 0.155 e. The summed E-state index contributed by atoms with van der Waals surface area (Å²) in [5.74, 6) is 0.309. The first kappa shape index (κ1) is 5.81. The molecule has 0 unspecified atom stereocenters. The van der Waals surface area contributed by atoms with E-state index in [9.17, 15) is 4.79 Å².